The molecule has 2 fully saturated rings. The van der Waals surface area contributed by atoms with Gasteiger partial charge in [0, 0.05) is 11.8 Å². The highest BCUT2D eigenvalue weighted by molar-refractivity contribution is 6.68. The number of rotatable bonds is 0. The zero-order valence-electron chi connectivity index (χ0n) is 9.76. The maximum Gasteiger partial charge on any atom is 0.264 e. The Morgan fingerprint density at radius 2 is 1.17 bits per heavy atom. The van der Waals surface area contributed by atoms with Crippen LogP contribution >= 0.6 is 0 Å². The number of ketones is 3. The van der Waals surface area contributed by atoms with Crippen LogP contribution in [0.3, 0.4) is 0 Å². The van der Waals surface area contributed by atoms with Crippen LogP contribution in [0.1, 0.15) is 35.8 Å². The minimum Gasteiger partial charge on any atom is -0.290 e. The molecule has 0 bridgehead atoms. The van der Waals surface area contributed by atoms with Crippen molar-refractivity contribution in [2.75, 3.05) is 0 Å². The Morgan fingerprint density at radius 1 is 0.722 bits per heavy atom. The van der Waals surface area contributed by atoms with Crippen molar-refractivity contribution >= 4 is 17.3 Å². The highest BCUT2D eigenvalue weighted by Gasteiger charge is 2.56. The predicted molar refractivity (Wildman–Crippen MR) is 63.2 cm³/mol. The van der Waals surface area contributed by atoms with E-state index in [1.54, 1.807) is 0 Å². The van der Waals surface area contributed by atoms with Crippen molar-refractivity contribution < 1.29 is 14.4 Å². The van der Waals surface area contributed by atoms with Gasteiger partial charge in [-0.15, -0.1) is 0 Å². The lowest BCUT2D eigenvalue weighted by Gasteiger charge is -2.46. The van der Waals surface area contributed by atoms with Crippen LogP contribution in [0.5, 0.6) is 0 Å². The van der Waals surface area contributed by atoms with Gasteiger partial charge in [-0.1, -0.05) is 24.3 Å². The van der Waals surface area contributed by atoms with Crippen molar-refractivity contribution in [1.82, 2.24) is 0 Å². The average molecular weight is 240 g/mol. The third kappa shape index (κ3) is 1.03. The van der Waals surface area contributed by atoms with E-state index in [0.29, 0.717) is 24.7 Å². The van der Waals surface area contributed by atoms with Gasteiger partial charge >= 0.3 is 0 Å². The zero-order chi connectivity index (χ0) is 12.4. The van der Waals surface area contributed by atoms with E-state index in [9.17, 15) is 14.4 Å². The van der Waals surface area contributed by atoms with Gasteiger partial charge in [-0.05, 0) is 35.8 Å². The molecule has 0 saturated heterocycles. The first-order valence-electron chi connectivity index (χ1n) is 6.39. The van der Waals surface area contributed by atoms with E-state index in [1.165, 1.54) is 11.1 Å². The molecule has 1 aromatic carbocycles. The van der Waals surface area contributed by atoms with Gasteiger partial charge in [0.15, 0.2) is 0 Å². The first-order chi connectivity index (χ1) is 8.68. The summed E-state index contributed by atoms with van der Waals surface area (Å²) in [7, 11) is 0. The lowest BCUT2D eigenvalue weighted by molar-refractivity contribution is -0.141. The molecule has 4 atom stereocenters. The molecular weight excluding hydrogens is 228 g/mol. The number of hydrogen-bond donors (Lipinski definition) is 0. The Balaban J connectivity index is 1.74. The Bertz CT molecular complexity index is 551. The second-order valence-electron chi connectivity index (χ2n) is 5.58. The van der Waals surface area contributed by atoms with Gasteiger partial charge in [0.2, 0.25) is 11.6 Å². The van der Waals surface area contributed by atoms with Gasteiger partial charge in [0.05, 0.1) is 0 Å². The van der Waals surface area contributed by atoms with Crippen molar-refractivity contribution in [3.05, 3.63) is 35.4 Å². The second kappa shape index (κ2) is 3.16. The molecule has 0 radical (unpaired) electrons. The minimum atomic E-state index is -0.754. The first kappa shape index (κ1) is 10.2. The quantitative estimate of drug-likeness (QED) is 0.647. The Kier molecular flexibility index (Phi) is 1.79. The number of carbonyl (C=O) groups is 3. The van der Waals surface area contributed by atoms with Crippen LogP contribution in [0.15, 0.2) is 24.3 Å². The topological polar surface area (TPSA) is 51.2 Å². The fourth-order valence-electron chi connectivity index (χ4n) is 4.02. The highest BCUT2D eigenvalue weighted by Crippen LogP contribution is 2.58. The standard InChI is InChI=1S/C15H12O3/c16-13-11-5-9-7-3-1-2-4-8(7)10(9)6-12(11)14(17)15(13)18/h1-4,9-12H,5-6H2. The summed E-state index contributed by atoms with van der Waals surface area (Å²) in [6.45, 7) is 0. The first-order valence-corrected chi connectivity index (χ1v) is 6.39. The fourth-order valence-corrected chi connectivity index (χ4v) is 4.02. The van der Waals surface area contributed by atoms with E-state index < -0.39 is 17.3 Å². The van der Waals surface area contributed by atoms with Gasteiger partial charge in [-0.3, -0.25) is 14.4 Å². The molecule has 0 amide bonds. The lowest BCUT2D eigenvalue weighted by atomic mass is 9.57. The summed E-state index contributed by atoms with van der Waals surface area (Å²) in [5.41, 5.74) is 2.61. The predicted octanol–water partition coefficient (Wildman–Crippen LogP) is 1.61. The lowest BCUT2D eigenvalue weighted by Crippen LogP contribution is -2.37. The largest absolute Gasteiger partial charge is 0.290 e. The van der Waals surface area contributed by atoms with E-state index >= 15 is 0 Å². The van der Waals surface area contributed by atoms with Gasteiger partial charge in [-0.2, -0.15) is 0 Å². The summed E-state index contributed by atoms with van der Waals surface area (Å²) in [5, 5.41) is 0. The van der Waals surface area contributed by atoms with Crippen molar-refractivity contribution in [2.45, 2.75) is 24.7 Å². The van der Waals surface area contributed by atoms with Crippen LogP contribution in [0.4, 0.5) is 0 Å². The summed E-state index contributed by atoms with van der Waals surface area (Å²) in [5.74, 6) is -1.54. The van der Waals surface area contributed by atoms with E-state index in [0.717, 1.165) is 0 Å². The number of fused-ring (bicyclic) bond motifs is 5. The van der Waals surface area contributed by atoms with E-state index in [2.05, 4.69) is 12.1 Å². The molecule has 90 valence electrons. The van der Waals surface area contributed by atoms with Crippen molar-refractivity contribution in [2.24, 2.45) is 11.8 Å². The third-order valence-corrected chi connectivity index (χ3v) is 4.90. The van der Waals surface area contributed by atoms with Crippen LogP contribution in [-0.2, 0) is 14.4 Å². The number of Topliss-reactive ketones (excluding diaryl/α,β-unsaturated/α-hetero) is 3. The van der Waals surface area contributed by atoms with Crippen LogP contribution in [0, 0.1) is 11.8 Å². The van der Waals surface area contributed by atoms with Gasteiger partial charge in [0.25, 0.3) is 5.78 Å². The van der Waals surface area contributed by atoms with Crippen molar-refractivity contribution in [3.8, 4) is 0 Å². The molecule has 18 heavy (non-hydrogen) atoms. The molecular formula is C15H12O3. The zero-order valence-corrected chi connectivity index (χ0v) is 9.76. The monoisotopic (exact) mass is 240 g/mol. The Labute approximate surface area is 104 Å². The average Bonchev–Trinajstić information content (AvgIpc) is 2.60. The Morgan fingerprint density at radius 3 is 1.61 bits per heavy atom. The normalized spacial score (nSPS) is 36.8. The maximum absolute atomic E-state index is 11.8. The number of carbonyl (C=O) groups excluding carboxylic acids is 3. The van der Waals surface area contributed by atoms with E-state index in [1.807, 2.05) is 12.1 Å². The minimum absolute atomic E-state index is 0.334. The number of benzene rings is 1. The Hall–Kier alpha value is -1.77. The van der Waals surface area contributed by atoms with Crippen LogP contribution < -0.4 is 0 Å². The second-order valence-corrected chi connectivity index (χ2v) is 5.58. The molecule has 0 aliphatic heterocycles. The summed E-state index contributed by atoms with van der Waals surface area (Å²) >= 11 is 0. The van der Waals surface area contributed by atoms with Crippen LogP contribution in [0.2, 0.25) is 0 Å². The van der Waals surface area contributed by atoms with Crippen LogP contribution in [-0.4, -0.2) is 17.3 Å². The molecule has 0 aromatic heterocycles. The molecule has 3 aliphatic rings. The molecule has 3 nitrogen and oxygen atoms in total. The van der Waals surface area contributed by atoms with E-state index in [4.69, 9.17) is 0 Å². The highest BCUT2D eigenvalue weighted by atomic mass is 16.2. The molecule has 2 saturated carbocycles. The third-order valence-electron chi connectivity index (χ3n) is 4.90. The van der Waals surface area contributed by atoms with Crippen molar-refractivity contribution in [3.63, 3.8) is 0 Å². The SMILES string of the molecule is O=C1C(=O)C2CC3c4ccccc4C3CC2C1=O. The van der Waals surface area contributed by atoms with Crippen molar-refractivity contribution in [1.29, 1.82) is 0 Å². The van der Waals surface area contributed by atoms with Gasteiger partial charge in [-0.25, -0.2) is 0 Å². The molecule has 4 unspecified atom stereocenters. The van der Waals surface area contributed by atoms with Gasteiger partial charge in [0.1, 0.15) is 0 Å². The fraction of sp³-hybridized carbons (Fsp3) is 0.400. The summed E-state index contributed by atoms with van der Waals surface area (Å²) in [4.78, 5) is 35.0. The smallest absolute Gasteiger partial charge is 0.264 e. The summed E-state index contributed by atoms with van der Waals surface area (Å²) in [6.07, 6.45) is 1.37. The molecule has 4 rings (SSSR count). The maximum atomic E-state index is 11.8. The summed E-state index contributed by atoms with van der Waals surface area (Å²) < 4.78 is 0. The number of hydrogen-bond acceptors (Lipinski definition) is 3. The van der Waals surface area contributed by atoms with Gasteiger partial charge < -0.3 is 0 Å². The summed E-state index contributed by atoms with van der Waals surface area (Å²) in [6, 6.07) is 8.21. The molecule has 0 N–H and O–H groups in total. The molecule has 0 spiro atoms. The van der Waals surface area contributed by atoms with E-state index in [-0.39, 0.29) is 11.8 Å². The molecule has 3 aliphatic carbocycles. The van der Waals surface area contributed by atoms with Crippen LogP contribution in [0.25, 0.3) is 0 Å². The molecule has 1 aromatic rings. The molecule has 3 heteroatoms. The molecule has 0 heterocycles.